The number of hydrogen-bond donors (Lipinski definition) is 1. The summed E-state index contributed by atoms with van der Waals surface area (Å²) in [6.45, 7) is 8.05. The molecule has 1 atom stereocenters. The van der Waals surface area contributed by atoms with Crippen LogP contribution in [0.5, 0.6) is 0 Å². The minimum absolute atomic E-state index is 0.0161. The van der Waals surface area contributed by atoms with Gasteiger partial charge in [0.15, 0.2) is 11.6 Å². The van der Waals surface area contributed by atoms with Gasteiger partial charge in [-0.25, -0.2) is 4.99 Å². The maximum Gasteiger partial charge on any atom is 0.247 e. The number of benzene rings is 1. The fraction of sp³-hybridized carbons (Fsp3) is 0.250. The summed E-state index contributed by atoms with van der Waals surface area (Å²) in [6.07, 6.45) is 1.50. The number of Topliss-reactive ketones (excluding diaryl/α,β-unsaturated/α-hetero) is 1. The Morgan fingerprint density at radius 1 is 1.12 bits per heavy atom. The van der Waals surface area contributed by atoms with Crippen LogP contribution in [0.25, 0.3) is 11.5 Å². The Kier molecular flexibility index (Phi) is 5.08. The molecule has 0 saturated carbocycles. The maximum absolute atomic E-state index is 13.2. The van der Waals surface area contributed by atoms with Crippen LogP contribution in [0.3, 0.4) is 0 Å². The van der Waals surface area contributed by atoms with Gasteiger partial charge in [-0.3, -0.25) is 14.8 Å². The largest absolute Gasteiger partial charge is 0.421 e. The Hall–Kier alpha value is -4.14. The van der Waals surface area contributed by atoms with Gasteiger partial charge in [-0.1, -0.05) is 12.1 Å². The number of fused-ring (bicyclic) bond motifs is 1. The summed E-state index contributed by atoms with van der Waals surface area (Å²) >= 11 is 0. The summed E-state index contributed by atoms with van der Waals surface area (Å²) in [5.74, 6) is 1.24. The lowest BCUT2D eigenvalue weighted by Crippen LogP contribution is -2.29. The first kappa shape index (κ1) is 20.7. The predicted molar refractivity (Wildman–Crippen MR) is 125 cm³/mol. The quantitative estimate of drug-likeness (QED) is 0.611. The van der Waals surface area contributed by atoms with Crippen LogP contribution in [0.4, 0.5) is 5.69 Å². The molecule has 4 heterocycles. The van der Waals surface area contributed by atoms with E-state index in [9.17, 15) is 4.79 Å². The van der Waals surface area contributed by atoms with Crippen molar-refractivity contribution >= 4 is 23.6 Å². The smallest absolute Gasteiger partial charge is 0.247 e. The highest BCUT2D eigenvalue weighted by atomic mass is 16.4. The zero-order valence-corrected chi connectivity index (χ0v) is 18.8. The average molecular weight is 441 g/mol. The molecule has 0 saturated heterocycles. The van der Waals surface area contributed by atoms with E-state index in [4.69, 9.17) is 4.42 Å². The van der Waals surface area contributed by atoms with Crippen molar-refractivity contribution in [3.05, 3.63) is 70.5 Å². The molecule has 5 rings (SSSR count). The van der Waals surface area contributed by atoms with Crippen LogP contribution in [0.2, 0.25) is 0 Å². The van der Waals surface area contributed by atoms with Gasteiger partial charge in [-0.05, 0) is 56.2 Å². The SMILES string of the molecule is CC1=C2C(Nc3cc(-c4nnc(C)o4)ccc3C)=NC=NN2CC1C(=O)c1cccc(C)n1. The number of nitrogens with one attached hydrogen (secondary N) is 1. The number of carbonyl (C=O) groups is 1. The molecule has 9 nitrogen and oxygen atoms in total. The number of hydrazone groups is 1. The normalized spacial score (nSPS) is 17.3. The van der Waals surface area contributed by atoms with Crippen LogP contribution >= 0.6 is 0 Å². The lowest BCUT2D eigenvalue weighted by Gasteiger charge is -2.22. The molecule has 0 aliphatic carbocycles. The van der Waals surface area contributed by atoms with Gasteiger partial charge in [0.05, 0.1) is 12.5 Å². The molecule has 1 unspecified atom stereocenters. The standard InChI is InChI=1S/C24H23N7O2/c1-13-8-9-17(24-30-29-16(4)33-24)10-20(13)28-23-21-15(3)18(11-31(21)26-12-25-23)22(32)19-7-5-6-14(2)27-19/h5-10,12,18H,11H2,1-4H3,(H,25,26,28). The molecule has 2 aliphatic rings. The van der Waals surface area contributed by atoms with Crippen LogP contribution < -0.4 is 5.32 Å². The Balaban J connectivity index is 1.46. The molecule has 2 aromatic heterocycles. The van der Waals surface area contributed by atoms with Crippen molar-refractivity contribution in [2.75, 3.05) is 11.9 Å². The van der Waals surface area contributed by atoms with Gasteiger partial charge in [0.2, 0.25) is 11.8 Å². The fourth-order valence-electron chi connectivity index (χ4n) is 4.05. The lowest BCUT2D eigenvalue weighted by molar-refractivity contribution is 0.0928. The second-order valence-electron chi connectivity index (χ2n) is 8.18. The summed E-state index contributed by atoms with van der Waals surface area (Å²) in [5, 5.41) is 17.6. The second kappa shape index (κ2) is 8.09. The number of nitrogens with zero attached hydrogens (tertiary/aromatic N) is 6. The first-order valence-corrected chi connectivity index (χ1v) is 10.7. The number of aromatic nitrogens is 3. The Morgan fingerprint density at radius 3 is 2.73 bits per heavy atom. The molecule has 3 aromatic rings. The van der Waals surface area contributed by atoms with E-state index < -0.39 is 0 Å². The third-order valence-electron chi connectivity index (χ3n) is 5.83. The Labute approximate surface area is 191 Å². The van der Waals surface area contributed by atoms with E-state index >= 15 is 0 Å². The molecular formula is C24H23N7O2. The minimum atomic E-state index is -0.342. The summed E-state index contributed by atoms with van der Waals surface area (Å²) in [4.78, 5) is 22.1. The van der Waals surface area contributed by atoms with Gasteiger partial charge in [0.25, 0.3) is 0 Å². The Bertz CT molecular complexity index is 1350. The molecule has 0 fully saturated rings. The first-order valence-electron chi connectivity index (χ1n) is 10.7. The van der Waals surface area contributed by atoms with Gasteiger partial charge in [-0.2, -0.15) is 5.10 Å². The van der Waals surface area contributed by atoms with E-state index in [0.717, 1.165) is 33.8 Å². The first-order chi connectivity index (χ1) is 15.9. The van der Waals surface area contributed by atoms with Crippen molar-refractivity contribution in [1.29, 1.82) is 0 Å². The average Bonchev–Trinajstić information content (AvgIpc) is 3.38. The summed E-state index contributed by atoms with van der Waals surface area (Å²) in [6, 6.07) is 11.4. The summed E-state index contributed by atoms with van der Waals surface area (Å²) in [7, 11) is 0. The molecule has 1 N–H and O–H groups in total. The van der Waals surface area contributed by atoms with Crippen LogP contribution in [-0.4, -0.2) is 44.7 Å². The van der Waals surface area contributed by atoms with Crippen molar-refractivity contribution in [1.82, 2.24) is 20.2 Å². The number of amidine groups is 1. The molecule has 0 radical (unpaired) electrons. The van der Waals surface area contributed by atoms with E-state index in [0.29, 0.717) is 29.9 Å². The zero-order valence-electron chi connectivity index (χ0n) is 18.8. The molecule has 0 amide bonds. The van der Waals surface area contributed by atoms with Crippen LogP contribution in [0, 0.1) is 26.7 Å². The van der Waals surface area contributed by atoms with Crippen molar-refractivity contribution in [3.8, 4) is 11.5 Å². The number of hydrogen-bond acceptors (Lipinski definition) is 9. The second-order valence-corrected chi connectivity index (χ2v) is 8.18. The summed E-state index contributed by atoms with van der Waals surface area (Å²) in [5.41, 5.74) is 5.69. The van der Waals surface area contributed by atoms with Gasteiger partial charge >= 0.3 is 0 Å². The van der Waals surface area contributed by atoms with Crippen molar-refractivity contribution in [2.24, 2.45) is 16.0 Å². The molecule has 9 heteroatoms. The highest BCUT2D eigenvalue weighted by Crippen LogP contribution is 2.34. The number of anilines is 1. The number of rotatable bonds is 4. The number of carbonyl (C=O) groups excluding carboxylic acids is 1. The minimum Gasteiger partial charge on any atom is -0.421 e. The molecule has 166 valence electrons. The molecule has 0 spiro atoms. The number of ketones is 1. The maximum atomic E-state index is 13.2. The lowest BCUT2D eigenvalue weighted by atomic mass is 9.95. The molecule has 2 aliphatic heterocycles. The van der Waals surface area contributed by atoms with Crippen molar-refractivity contribution in [2.45, 2.75) is 27.7 Å². The Morgan fingerprint density at radius 2 is 1.97 bits per heavy atom. The summed E-state index contributed by atoms with van der Waals surface area (Å²) < 4.78 is 5.57. The zero-order chi connectivity index (χ0) is 23.1. The number of aryl methyl sites for hydroxylation is 3. The fourth-order valence-corrected chi connectivity index (χ4v) is 4.05. The molecular weight excluding hydrogens is 418 g/mol. The van der Waals surface area contributed by atoms with E-state index in [-0.39, 0.29) is 11.7 Å². The highest BCUT2D eigenvalue weighted by Gasteiger charge is 2.38. The van der Waals surface area contributed by atoms with Crippen LogP contribution in [0.15, 0.2) is 62.2 Å². The molecule has 1 aromatic carbocycles. The van der Waals surface area contributed by atoms with E-state index in [1.54, 1.807) is 13.0 Å². The van der Waals surface area contributed by atoms with E-state index in [2.05, 4.69) is 30.6 Å². The molecule has 0 bridgehead atoms. The van der Waals surface area contributed by atoms with Gasteiger partial charge in [0.1, 0.15) is 17.7 Å². The topological polar surface area (TPSA) is 109 Å². The third kappa shape index (κ3) is 3.82. The third-order valence-corrected chi connectivity index (χ3v) is 5.83. The van der Waals surface area contributed by atoms with Crippen LogP contribution in [0.1, 0.15) is 34.6 Å². The van der Waals surface area contributed by atoms with Gasteiger partial charge in [-0.15, -0.1) is 10.2 Å². The van der Waals surface area contributed by atoms with Gasteiger partial charge in [0, 0.05) is 23.9 Å². The van der Waals surface area contributed by atoms with Gasteiger partial charge < -0.3 is 9.73 Å². The van der Waals surface area contributed by atoms with Crippen molar-refractivity contribution < 1.29 is 9.21 Å². The highest BCUT2D eigenvalue weighted by molar-refractivity contribution is 6.13. The predicted octanol–water partition coefficient (Wildman–Crippen LogP) is 3.91. The molecule has 33 heavy (non-hydrogen) atoms. The van der Waals surface area contributed by atoms with Crippen molar-refractivity contribution in [3.63, 3.8) is 0 Å². The monoisotopic (exact) mass is 441 g/mol. The van der Waals surface area contributed by atoms with Crippen LogP contribution in [-0.2, 0) is 0 Å². The van der Waals surface area contributed by atoms with E-state index in [1.165, 1.54) is 6.34 Å². The number of pyridine rings is 1. The number of aliphatic imine (C=N–C) groups is 1. The van der Waals surface area contributed by atoms with E-state index in [1.807, 2.05) is 56.1 Å².